The number of anilines is 1. The van der Waals surface area contributed by atoms with E-state index in [1.807, 2.05) is 6.07 Å². The second-order valence-corrected chi connectivity index (χ2v) is 6.86. The number of hydrogen-bond acceptors (Lipinski definition) is 6. The lowest BCUT2D eigenvalue weighted by molar-refractivity contribution is -0.384. The number of nitrogens with one attached hydrogen (secondary N) is 1. The Balaban J connectivity index is 1.85. The molecule has 3 aromatic carbocycles. The third-order valence-corrected chi connectivity index (χ3v) is 4.78. The van der Waals surface area contributed by atoms with Gasteiger partial charge in [-0.15, -0.1) is 4.73 Å². The molecule has 9 nitrogen and oxygen atoms in total. The molecular formula is C23H17N3O6. The molecule has 0 radical (unpaired) electrons. The molecule has 0 aliphatic carbocycles. The van der Waals surface area contributed by atoms with Crippen molar-refractivity contribution >= 4 is 28.1 Å². The van der Waals surface area contributed by atoms with Gasteiger partial charge in [0, 0.05) is 23.2 Å². The summed E-state index contributed by atoms with van der Waals surface area (Å²) in [4.78, 5) is 42.1. The molecule has 0 saturated carbocycles. The van der Waals surface area contributed by atoms with Crippen molar-refractivity contribution in [2.24, 2.45) is 0 Å². The summed E-state index contributed by atoms with van der Waals surface area (Å²) in [6.07, 6.45) is 0. The fraction of sp³-hybridized carbons (Fsp3) is 0.0435. The summed E-state index contributed by atoms with van der Waals surface area (Å²) in [6, 6.07) is 20.9. The number of nitro groups is 1. The average Bonchev–Trinajstić information content (AvgIpc) is 2.80. The van der Waals surface area contributed by atoms with E-state index in [4.69, 9.17) is 4.84 Å². The summed E-state index contributed by atoms with van der Waals surface area (Å²) in [5, 5.41) is 24.6. The van der Waals surface area contributed by atoms with Crippen molar-refractivity contribution in [1.29, 1.82) is 0 Å². The number of carbonyl (C=O) groups is 1. The Morgan fingerprint density at radius 2 is 1.66 bits per heavy atom. The van der Waals surface area contributed by atoms with Crippen LogP contribution in [0.1, 0.15) is 15.9 Å². The van der Waals surface area contributed by atoms with Crippen LogP contribution in [0.2, 0.25) is 0 Å². The number of pyridine rings is 1. The predicted octanol–water partition coefficient (Wildman–Crippen LogP) is 3.50. The number of non-ortho nitro benzene ring substituents is 1. The number of nitro benzene ring substituents is 1. The third-order valence-electron chi connectivity index (χ3n) is 4.78. The van der Waals surface area contributed by atoms with Crippen molar-refractivity contribution < 1.29 is 19.7 Å². The fourth-order valence-electron chi connectivity index (χ4n) is 3.24. The molecule has 32 heavy (non-hydrogen) atoms. The molecule has 0 unspecified atom stereocenters. The molecule has 0 bridgehead atoms. The first-order valence-electron chi connectivity index (χ1n) is 9.55. The van der Waals surface area contributed by atoms with Gasteiger partial charge in [-0.05, 0) is 23.8 Å². The van der Waals surface area contributed by atoms with Gasteiger partial charge in [0.05, 0.1) is 10.3 Å². The molecule has 0 atom stereocenters. The number of para-hydroxylation sites is 1. The second-order valence-electron chi connectivity index (χ2n) is 6.86. The van der Waals surface area contributed by atoms with Crippen molar-refractivity contribution in [1.82, 2.24) is 4.73 Å². The summed E-state index contributed by atoms with van der Waals surface area (Å²) < 4.78 is 0.582. The van der Waals surface area contributed by atoms with Gasteiger partial charge < -0.3 is 15.3 Å². The van der Waals surface area contributed by atoms with Gasteiger partial charge in [0.1, 0.15) is 12.2 Å². The van der Waals surface area contributed by atoms with E-state index in [-0.39, 0.29) is 28.6 Å². The van der Waals surface area contributed by atoms with Crippen molar-refractivity contribution in [3.8, 4) is 5.88 Å². The van der Waals surface area contributed by atoms with Crippen LogP contribution >= 0.6 is 0 Å². The SMILES string of the molecule is O=C(Nc1ccccc1)c1c(O)n(OCc2ccccc2)c(=O)c2cc([N+](=O)[O-])ccc12. The van der Waals surface area contributed by atoms with Crippen LogP contribution in [-0.4, -0.2) is 20.7 Å². The number of benzene rings is 3. The Morgan fingerprint density at radius 3 is 2.31 bits per heavy atom. The summed E-state index contributed by atoms with van der Waals surface area (Å²) in [5.41, 5.74) is -0.215. The topological polar surface area (TPSA) is 124 Å². The summed E-state index contributed by atoms with van der Waals surface area (Å²) in [5.74, 6) is -1.41. The molecule has 4 rings (SSSR count). The Bertz CT molecular complexity index is 1370. The minimum atomic E-state index is -0.826. The van der Waals surface area contributed by atoms with E-state index in [0.717, 1.165) is 12.1 Å². The number of fused-ring (bicyclic) bond motifs is 1. The number of amides is 1. The Labute approximate surface area is 181 Å². The number of aromatic nitrogens is 1. The lowest BCUT2D eigenvalue weighted by Gasteiger charge is -2.16. The molecule has 9 heteroatoms. The molecule has 0 aliphatic rings. The molecule has 160 valence electrons. The van der Waals surface area contributed by atoms with E-state index in [0.29, 0.717) is 16.0 Å². The van der Waals surface area contributed by atoms with Gasteiger partial charge in [-0.3, -0.25) is 19.7 Å². The van der Waals surface area contributed by atoms with Crippen LogP contribution in [0.5, 0.6) is 5.88 Å². The first-order valence-corrected chi connectivity index (χ1v) is 9.55. The van der Waals surface area contributed by atoms with Gasteiger partial charge in [0.25, 0.3) is 17.2 Å². The van der Waals surface area contributed by atoms with E-state index < -0.39 is 22.3 Å². The zero-order chi connectivity index (χ0) is 22.7. The highest BCUT2D eigenvalue weighted by molar-refractivity contribution is 6.14. The molecule has 1 heterocycles. The maximum atomic E-state index is 13.0. The van der Waals surface area contributed by atoms with Crippen LogP contribution in [0.3, 0.4) is 0 Å². The molecule has 1 aromatic heterocycles. The second kappa shape index (κ2) is 8.60. The number of rotatable bonds is 6. The van der Waals surface area contributed by atoms with Crippen molar-refractivity contribution in [2.75, 3.05) is 5.32 Å². The lowest BCUT2D eigenvalue weighted by Crippen LogP contribution is -2.29. The number of carbonyl (C=O) groups excluding carboxylic acids is 1. The van der Waals surface area contributed by atoms with Crippen molar-refractivity contribution in [3.05, 3.63) is 110 Å². The predicted molar refractivity (Wildman–Crippen MR) is 118 cm³/mol. The van der Waals surface area contributed by atoms with Crippen LogP contribution in [0, 0.1) is 10.1 Å². The highest BCUT2D eigenvalue weighted by atomic mass is 16.7. The minimum absolute atomic E-state index is 0.0612. The number of hydrogen-bond donors (Lipinski definition) is 2. The largest absolute Gasteiger partial charge is 0.492 e. The van der Waals surface area contributed by atoms with E-state index in [1.54, 1.807) is 54.6 Å². The van der Waals surface area contributed by atoms with E-state index >= 15 is 0 Å². The van der Waals surface area contributed by atoms with Gasteiger partial charge in [-0.25, -0.2) is 0 Å². The molecular weight excluding hydrogens is 414 g/mol. The van der Waals surface area contributed by atoms with Gasteiger partial charge in [-0.2, -0.15) is 0 Å². The molecule has 0 fully saturated rings. The van der Waals surface area contributed by atoms with Crippen LogP contribution < -0.4 is 15.7 Å². The van der Waals surface area contributed by atoms with Gasteiger partial charge in [0.2, 0.25) is 5.88 Å². The Kier molecular flexibility index (Phi) is 5.54. The lowest BCUT2D eigenvalue weighted by atomic mass is 10.1. The Morgan fingerprint density at radius 1 is 1.00 bits per heavy atom. The van der Waals surface area contributed by atoms with Crippen LogP contribution in [0.25, 0.3) is 10.8 Å². The van der Waals surface area contributed by atoms with Crippen molar-refractivity contribution in [3.63, 3.8) is 0 Å². The van der Waals surface area contributed by atoms with Gasteiger partial charge in [-0.1, -0.05) is 48.5 Å². The first-order chi connectivity index (χ1) is 15.5. The zero-order valence-electron chi connectivity index (χ0n) is 16.6. The van der Waals surface area contributed by atoms with Gasteiger partial charge >= 0.3 is 0 Å². The van der Waals surface area contributed by atoms with Gasteiger partial charge in [0.15, 0.2) is 0 Å². The smallest absolute Gasteiger partial charge is 0.294 e. The fourth-order valence-corrected chi connectivity index (χ4v) is 3.24. The summed E-state index contributed by atoms with van der Waals surface area (Å²) in [7, 11) is 0. The molecule has 1 amide bonds. The van der Waals surface area contributed by atoms with E-state index in [1.165, 1.54) is 6.07 Å². The third kappa shape index (κ3) is 3.99. The van der Waals surface area contributed by atoms with Crippen LogP contribution in [0.4, 0.5) is 11.4 Å². The molecule has 0 spiro atoms. The molecule has 0 saturated heterocycles. The summed E-state index contributed by atoms with van der Waals surface area (Å²) >= 11 is 0. The van der Waals surface area contributed by atoms with Crippen LogP contribution in [-0.2, 0) is 6.61 Å². The number of aromatic hydroxyl groups is 1. The molecule has 0 aliphatic heterocycles. The number of nitrogens with zero attached hydrogens (tertiary/aromatic N) is 2. The zero-order valence-corrected chi connectivity index (χ0v) is 16.6. The Hall–Kier alpha value is -4.66. The monoisotopic (exact) mass is 431 g/mol. The normalized spacial score (nSPS) is 10.6. The average molecular weight is 431 g/mol. The maximum Gasteiger partial charge on any atom is 0.294 e. The van der Waals surface area contributed by atoms with Crippen LogP contribution in [0.15, 0.2) is 83.7 Å². The molecule has 2 N–H and O–H groups in total. The highest BCUT2D eigenvalue weighted by Crippen LogP contribution is 2.28. The maximum absolute atomic E-state index is 13.0. The minimum Gasteiger partial charge on any atom is -0.492 e. The van der Waals surface area contributed by atoms with E-state index in [9.17, 15) is 24.8 Å². The first kappa shape index (κ1) is 20.6. The quantitative estimate of drug-likeness (QED) is 0.356. The highest BCUT2D eigenvalue weighted by Gasteiger charge is 2.24. The van der Waals surface area contributed by atoms with Crippen molar-refractivity contribution in [2.45, 2.75) is 6.61 Å². The standard InChI is InChI=1S/C23H17N3O6/c27-21(24-16-9-5-2-6-10-16)20-18-12-11-17(26(30)31)13-19(18)22(28)25(23(20)29)32-14-15-7-3-1-4-8-15/h1-13,29H,14H2,(H,24,27). The summed E-state index contributed by atoms with van der Waals surface area (Å²) in [6.45, 7) is -0.0749. The van der Waals surface area contributed by atoms with E-state index in [2.05, 4.69) is 5.32 Å². The molecule has 4 aromatic rings.